The van der Waals surface area contributed by atoms with Gasteiger partial charge in [-0.3, -0.25) is 62.5 Å². The number of hydrogen-bond donors (Lipinski definition) is 6. The Morgan fingerprint density at radius 1 is 0.570 bits per heavy atom. The van der Waals surface area contributed by atoms with Gasteiger partial charge in [0.25, 0.3) is 0 Å². The molecule has 100 heavy (non-hydrogen) atoms. The summed E-state index contributed by atoms with van der Waals surface area (Å²) in [5.41, 5.74) is 6.66. The van der Waals surface area contributed by atoms with Gasteiger partial charge in [0.15, 0.2) is 0 Å². The van der Waals surface area contributed by atoms with Crippen molar-refractivity contribution in [2.75, 3.05) is 55.9 Å². The van der Waals surface area contributed by atoms with Crippen LogP contribution in [0.4, 0.5) is 0 Å². The molecule has 7 N–H and O–H groups in total. The van der Waals surface area contributed by atoms with Crippen LogP contribution in [0.3, 0.4) is 0 Å². The summed E-state index contributed by atoms with van der Waals surface area (Å²) in [6.45, 7) is 30.3. The Morgan fingerprint density at radius 3 is 1.51 bits per heavy atom. The van der Waals surface area contributed by atoms with Gasteiger partial charge < -0.3 is 71.4 Å². The van der Waals surface area contributed by atoms with Gasteiger partial charge in [0, 0.05) is 74.6 Å². The number of nitrogens with one attached hydrogen (secondary N) is 5. The van der Waals surface area contributed by atoms with Crippen LogP contribution in [0.25, 0.3) is 0 Å². The van der Waals surface area contributed by atoms with Crippen molar-refractivity contribution >= 4 is 83.1 Å². The number of nitrogens with two attached hydrogens (primary N) is 1. The Bertz CT molecular complexity index is 2950. The van der Waals surface area contributed by atoms with E-state index in [9.17, 15) is 43.2 Å². The maximum Gasteiger partial charge on any atom is 0.329 e. The highest BCUT2D eigenvalue weighted by Gasteiger charge is 2.48. The minimum Gasteiger partial charge on any atom is -0.458 e. The summed E-state index contributed by atoms with van der Waals surface area (Å²) in [7, 11) is 9.74. The molecule has 0 spiro atoms. The molecule has 2 heterocycles. The Hall–Kier alpha value is -7.78. The molecule has 0 aromatic rings. The average Bonchev–Trinajstić information content (AvgIpc) is 0.831. The average molecular weight is 1410 g/mol. The molecule has 1 fully saturated rings. The summed E-state index contributed by atoms with van der Waals surface area (Å²) in [4.78, 5) is 205. The van der Waals surface area contributed by atoms with Gasteiger partial charge in [0.1, 0.15) is 72.6 Å². The molecule has 0 aliphatic carbocycles. The minimum atomic E-state index is -1.80. The number of nitrogens with zero attached hydrogens (tertiary/aromatic N) is 8. The summed E-state index contributed by atoms with van der Waals surface area (Å²) >= 11 is 0. The third-order valence-electron chi connectivity index (χ3n) is 18.5. The molecule has 1 saturated heterocycles. The van der Waals surface area contributed by atoms with Crippen molar-refractivity contribution in [1.29, 1.82) is 0 Å². The monoisotopic (exact) mass is 1410 g/mol. The van der Waals surface area contributed by atoms with Crippen molar-refractivity contribution in [3.63, 3.8) is 0 Å². The smallest absolute Gasteiger partial charge is 0.329 e. The van der Waals surface area contributed by atoms with E-state index in [0.29, 0.717) is 12.0 Å². The third-order valence-corrected chi connectivity index (χ3v) is 18.5. The van der Waals surface area contributed by atoms with Crippen molar-refractivity contribution in [2.45, 2.75) is 255 Å². The molecule has 0 saturated carbocycles. The van der Waals surface area contributed by atoms with Crippen molar-refractivity contribution < 1.29 is 67.1 Å². The van der Waals surface area contributed by atoms with Gasteiger partial charge in [-0.25, -0.2) is 4.79 Å². The van der Waals surface area contributed by atoms with E-state index in [0.717, 1.165) is 9.80 Å². The Kier molecular flexibility index (Phi) is 35.9. The lowest BCUT2D eigenvalue weighted by Gasteiger charge is -2.42. The molecule has 14 atom stereocenters. The van der Waals surface area contributed by atoms with Crippen LogP contribution in [0.1, 0.15) is 176 Å². The van der Waals surface area contributed by atoms with Crippen LogP contribution in [0.2, 0.25) is 0 Å². The van der Waals surface area contributed by atoms with Gasteiger partial charge in [-0.2, -0.15) is 0 Å². The number of ether oxygens (including phenoxy) is 1. The number of amides is 12. The van der Waals surface area contributed by atoms with Crippen LogP contribution >= 0.6 is 0 Å². The standard InChI is InChI=1S/C72H124N14O14/c1-26-28-29-45(15)60(100-72(99)51(78-61(88)46(16)73)36-49-30-31-74-37-49)59-65(92)77-50(27-2)67(94)80(19)38-56(87)81(20)52(32-39(3)4)64(91)79-57(43(11)12)70(97)82(21)53(33-40(5)6)63(90)75-47(17)62(89)76-48(18)66(93)83(22)54(34-41(7)8)68(95)84(23)55(35-42(9)10)69(96)85(24)58(44(13)14)71(98)86(59)25/h26,28,31,37,39-48,50-55,57-60H,27,29-30,32-36,38,73H2,1-25H3,(H,75,90)(H,76,89)(H,77,92)(H,78,88)(H,79,91)/b28-26+/t45-,46?,47+,48-,50+,51?,52+,53+,54+,55+,57+,58+,59+,60-/m1/s1. The number of rotatable bonds is 21. The molecule has 28 nitrogen and oxygen atoms in total. The maximum atomic E-state index is 15.9. The first-order chi connectivity index (χ1) is 46.4. The number of carbonyl (C=O) groups is 13. The zero-order valence-corrected chi connectivity index (χ0v) is 64.6. The van der Waals surface area contributed by atoms with Crippen LogP contribution in [0.15, 0.2) is 28.9 Å². The lowest BCUT2D eigenvalue weighted by atomic mass is 9.91. The van der Waals surface area contributed by atoms with Crippen molar-refractivity contribution in [3.8, 4) is 0 Å². The second-order valence-corrected chi connectivity index (χ2v) is 29.9. The van der Waals surface area contributed by atoms with E-state index in [1.807, 2.05) is 55.4 Å². The summed E-state index contributed by atoms with van der Waals surface area (Å²) in [6, 6.07) is -15.6. The number of allylic oxidation sites excluding steroid dienone is 2. The number of esters is 1. The Labute approximate surface area is 595 Å². The van der Waals surface area contributed by atoms with Crippen LogP contribution in [-0.2, 0) is 67.1 Å². The molecular formula is C72H124N14O14. The van der Waals surface area contributed by atoms with Crippen LogP contribution in [-0.4, -0.2) is 252 Å². The molecule has 0 aromatic carbocycles. The summed E-state index contributed by atoms with van der Waals surface area (Å²) < 4.78 is 6.46. The summed E-state index contributed by atoms with van der Waals surface area (Å²) in [5.74, 6) is -12.5. The number of likely N-dealkylation sites (N-methyl/N-ethyl adjacent to an activating group) is 7. The lowest BCUT2D eigenvalue weighted by Crippen LogP contribution is -2.64. The van der Waals surface area contributed by atoms with Gasteiger partial charge in [0.2, 0.25) is 70.9 Å². The normalized spacial score (nSPS) is 25.7. The van der Waals surface area contributed by atoms with Gasteiger partial charge >= 0.3 is 5.97 Å². The maximum absolute atomic E-state index is 15.9. The predicted octanol–water partition coefficient (Wildman–Crippen LogP) is 3.40. The first kappa shape index (κ1) is 88.3. The molecule has 2 aliphatic rings. The van der Waals surface area contributed by atoms with E-state index in [4.69, 9.17) is 10.5 Å². The molecular weight excluding hydrogens is 1280 g/mol. The predicted molar refractivity (Wildman–Crippen MR) is 384 cm³/mol. The molecule has 0 bridgehead atoms. The van der Waals surface area contributed by atoms with E-state index in [1.165, 1.54) is 94.6 Å². The fraction of sp³-hybridized carbons (Fsp3) is 0.750. The van der Waals surface area contributed by atoms with Crippen LogP contribution in [0.5, 0.6) is 0 Å². The first-order valence-corrected chi connectivity index (χ1v) is 35.5. The number of aliphatic imine (C=N–C) groups is 1. The van der Waals surface area contributed by atoms with E-state index in [-0.39, 0.29) is 68.6 Å². The second kappa shape index (κ2) is 40.6. The molecule has 12 amide bonds. The van der Waals surface area contributed by atoms with Crippen LogP contribution < -0.4 is 32.3 Å². The fourth-order valence-corrected chi connectivity index (χ4v) is 12.3. The fourth-order valence-electron chi connectivity index (χ4n) is 12.3. The summed E-state index contributed by atoms with van der Waals surface area (Å²) in [5, 5.41) is 13.7. The highest BCUT2D eigenvalue weighted by Crippen LogP contribution is 2.28. The van der Waals surface area contributed by atoms with Gasteiger partial charge in [-0.15, -0.1) is 0 Å². The SMILES string of the molecule is C/C=C/C[C@@H](C)[C@@H](OC(=O)C(CC1=CN=CC1)NC(=O)C(C)N)[C@H]1C(=O)N[C@@H](CC)C(=O)N(C)CC(=O)N(C)[C@@H](CC(C)C)C(=O)N[C@@H](C(C)C)C(=O)N(C)[C@@H](CC(C)C)C(=O)N[C@@H](C)C(=O)N[C@H](C)C(=O)N(C)[C@@H](CC(C)C)C(=O)N(C)[C@@H](CC(C)C)C(=O)N(C)[C@@H](C(C)C)C(=O)N1C. The van der Waals surface area contributed by atoms with Gasteiger partial charge in [-0.1, -0.05) is 109 Å². The van der Waals surface area contributed by atoms with Crippen molar-refractivity contribution in [1.82, 2.24) is 60.9 Å². The molecule has 0 radical (unpaired) electrons. The van der Waals surface area contributed by atoms with Gasteiger partial charge in [-0.05, 0) is 113 Å². The summed E-state index contributed by atoms with van der Waals surface area (Å²) in [6.07, 6.45) is 5.95. The van der Waals surface area contributed by atoms with Gasteiger partial charge in [0.05, 0.1) is 12.6 Å². The third kappa shape index (κ3) is 25.1. The highest BCUT2D eigenvalue weighted by molar-refractivity contribution is 6.00. The quantitative estimate of drug-likeness (QED) is 0.0709. The van der Waals surface area contributed by atoms with E-state index >= 15 is 19.2 Å². The van der Waals surface area contributed by atoms with E-state index < -0.39 is 180 Å². The Morgan fingerprint density at radius 2 is 1.04 bits per heavy atom. The number of hydrogen-bond acceptors (Lipinski definition) is 16. The molecule has 566 valence electrons. The van der Waals surface area contributed by atoms with Crippen molar-refractivity contribution in [2.24, 2.45) is 52.2 Å². The van der Waals surface area contributed by atoms with Crippen LogP contribution in [0, 0.1) is 41.4 Å². The molecule has 2 unspecified atom stereocenters. The molecule has 2 aliphatic heterocycles. The second-order valence-electron chi connectivity index (χ2n) is 29.9. The molecule has 0 aromatic heterocycles. The zero-order valence-electron chi connectivity index (χ0n) is 64.6. The number of carbonyl (C=O) groups excluding carboxylic acids is 13. The van der Waals surface area contributed by atoms with E-state index in [1.54, 1.807) is 73.0 Å². The van der Waals surface area contributed by atoms with E-state index in [2.05, 4.69) is 31.6 Å². The molecule has 28 heteroatoms. The first-order valence-electron chi connectivity index (χ1n) is 35.5. The molecule has 2 rings (SSSR count). The largest absolute Gasteiger partial charge is 0.458 e. The van der Waals surface area contributed by atoms with Crippen molar-refractivity contribution in [3.05, 3.63) is 23.9 Å². The zero-order chi connectivity index (χ0) is 76.8. The highest BCUT2D eigenvalue weighted by atomic mass is 16.5. The minimum absolute atomic E-state index is 0.0669. The topological polar surface area (TPSA) is 352 Å². The lowest BCUT2D eigenvalue weighted by molar-refractivity contribution is -0.167. The Balaban J connectivity index is 3.18.